The van der Waals surface area contributed by atoms with E-state index in [2.05, 4.69) is 4.98 Å². The molecule has 142 valence electrons. The van der Waals surface area contributed by atoms with Gasteiger partial charge in [0.05, 0.1) is 0 Å². The molecular weight excluding hydrogens is 368 g/mol. The Labute approximate surface area is 153 Å². The van der Waals surface area contributed by atoms with Gasteiger partial charge in [0, 0.05) is 27.0 Å². The van der Waals surface area contributed by atoms with E-state index >= 15 is 0 Å². The van der Waals surface area contributed by atoms with Crippen molar-refractivity contribution < 1.29 is 33.3 Å². The molecule has 0 aliphatic carbocycles. The number of ether oxygens (including phenoxy) is 4. The number of carbonyl (C=O) groups is 3. The Morgan fingerprint density at radius 1 is 1.15 bits per heavy atom. The van der Waals surface area contributed by atoms with Crippen molar-refractivity contribution in [2.45, 2.75) is 45.3 Å². The normalized spacial score (nSPS) is 24.7. The molecule has 1 fully saturated rings. The number of hydrogen-bond donors (Lipinski definition) is 1. The molecule has 11 heteroatoms. The van der Waals surface area contributed by atoms with Crippen molar-refractivity contribution in [3.8, 4) is 0 Å². The van der Waals surface area contributed by atoms with E-state index < -0.39 is 48.1 Å². The van der Waals surface area contributed by atoms with Crippen LogP contribution < -0.4 is 5.69 Å². The van der Waals surface area contributed by atoms with Crippen LogP contribution in [0.25, 0.3) is 0 Å². The molecule has 10 nitrogen and oxygen atoms in total. The lowest BCUT2D eigenvalue weighted by molar-refractivity contribution is -0.166. The summed E-state index contributed by atoms with van der Waals surface area (Å²) in [6, 6.07) is 1.45. The predicted octanol–water partition coefficient (Wildman–Crippen LogP) is 0.230. The van der Waals surface area contributed by atoms with Gasteiger partial charge in [0.25, 0.3) is 0 Å². The number of carbonyl (C=O) groups excluding carboxylic acids is 3. The first-order chi connectivity index (χ1) is 12.2. The zero-order valence-corrected chi connectivity index (χ0v) is 15.1. The molecule has 26 heavy (non-hydrogen) atoms. The largest absolute Gasteiger partial charge is 0.463 e. The lowest BCUT2D eigenvalue weighted by Gasteiger charge is -2.23. The molecule has 0 saturated carbocycles. The summed E-state index contributed by atoms with van der Waals surface area (Å²) in [6.45, 7) is 3.30. The average Bonchev–Trinajstić information content (AvgIpc) is 2.82. The molecule has 1 aromatic heterocycles. The maximum atomic E-state index is 12.2. The molecule has 1 aliphatic heterocycles. The van der Waals surface area contributed by atoms with Crippen LogP contribution in [0.15, 0.2) is 17.1 Å². The fourth-order valence-electron chi connectivity index (χ4n) is 2.54. The van der Waals surface area contributed by atoms with E-state index in [1.54, 1.807) is 0 Å². The Morgan fingerprint density at radius 3 is 2.31 bits per heavy atom. The zero-order valence-electron chi connectivity index (χ0n) is 14.3. The predicted molar refractivity (Wildman–Crippen MR) is 87.5 cm³/mol. The van der Waals surface area contributed by atoms with Crippen LogP contribution in [-0.4, -0.2) is 52.4 Å². The van der Waals surface area contributed by atoms with Crippen LogP contribution in [0.1, 0.15) is 27.0 Å². The number of aromatic amines is 1. The van der Waals surface area contributed by atoms with E-state index in [-0.39, 0.29) is 11.2 Å². The van der Waals surface area contributed by atoms with Gasteiger partial charge in [-0.15, -0.1) is 0 Å². The summed E-state index contributed by atoms with van der Waals surface area (Å²) < 4.78 is 22.4. The van der Waals surface area contributed by atoms with Crippen molar-refractivity contribution in [1.29, 1.82) is 0 Å². The fraction of sp³-hybridized carbons (Fsp3) is 0.533. The summed E-state index contributed by atoms with van der Waals surface area (Å²) in [4.78, 5) is 48.7. The first-order valence-corrected chi connectivity index (χ1v) is 8.04. The molecule has 0 spiro atoms. The van der Waals surface area contributed by atoms with Gasteiger partial charge in [-0.05, 0) is 6.07 Å². The Balaban J connectivity index is 2.41. The van der Waals surface area contributed by atoms with Crippen molar-refractivity contribution in [2.24, 2.45) is 0 Å². The van der Waals surface area contributed by atoms with E-state index in [0.29, 0.717) is 0 Å². The van der Waals surface area contributed by atoms with Crippen molar-refractivity contribution in [1.82, 2.24) is 9.55 Å². The topological polar surface area (TPSA) is 126 Å². The van der Waals surface area contributed by atoms with Gasteiger partial charge in [0.2, 0.25) is 0 Å². The molecule has 1 saturated heterocycles. The standard InChI is InChI=1S/C15H18N2O8S/c1-7(18)22-6-10-12(23-8(2)19)13(24-9(3)20)14(25-10)17-5-4-11(26)16-15(17)21/h4-5,10,12-14H,6H2,1-3H3,(H,16,21,26)/t10-,12-,13-,14?/m1/s1. The van der Waals surface area contributed by atoms with E-state index in [9.17, 15) is 19.2 Å². The number of nitrogens with zero attached hydrogens (tertiary/aromatic N) is 1. The second kappa shape index (κ2) is 8.23. The zero-order chi connectivity index (χ0) is 19.4. The SMILES string of the molecule is CC(=O)OC[C@H]1OC(n2ccc(=S)[nH]c2=O)[C@H](OC(C)=O)[C@@H]1OC(C)=O. The molecule has 0 amide bonds. The number of esters is 3. The van der Waals surface area contributed by atoms with Crippen molar-refractivity contribution >= 4 is 30.1 Å². The van der Waals surface area contributed by atoms with Crippen molar-refractivity contribution in [3.05, 3.63) is 27.4 Å². The Hall–Kier alpha value is -2.53. The fourth-order valence-corrected chi connectivity index (χ4v) is 2.69. The Bertz CT molecular complexity index is 816. The minimum atomic E-state index is -1.13. The average molecular weight is 386 g/mol. The number of H-pyrrole nitrogens is 1. The van der Waals surface area contributed by atoms with E-state index in [1.165, 1.54) is 33.0 Å². The molecule has 4 atom stereocenters. The van der Waals surface area contributed by atoms with E-state index in [1.807, 2.05) is 0 Å². The first kappa shape index (κ1) is 19.8. The maximum Gasteiger partial charge on any atom is 0.328 e. The quantitative estimate of drug-likeness (QED) is 0.430. The highest BCUT2D eigenvalue weighted by molar-refractivity contribution is 7.71. The first-order valence-electron chi connectivity index (χ1n) is 7.63. The van der Waals surface area contributed by atoms with Crippen LogP contribution in [-0.2, 0) is 33.3 Å². The van der Waals surface area contributed by atoms with E-state index in [0.717, 1.165) is 4.57 Å². The molecule has 2 heterocycles. The van der Waals surface area contributed by atoms with Gasteiger partial charge in [0.1, 0.15) is 17.4 Å². The molecule has 1 unspecified atom stereocenters. The second-order valence-corrected chi connectivity index (χ2v) is 5.97. The van der Waals surface area contributed by atoms with Gasteiger partial charge in [-0.3, -0.25) is 23.9 Å². The number of aromatic nitrogens is 2. The second-order valence-electron chi connectivity index (χ2n) is 5.53. The highest BCUT2D eigenvalue weighted by Gasteiger charge is 2.50. The number of rotatable bonds is 5. The van der Waals surface area contributed by atoms with Gasteiger partial charge in [-0.1, -0.05) is 12.2 Å². The highest BCUT2D eigenvalue weighted by Crippen LogP contribution is 2.33. The molecule has 1 aliphatic rings. The van der Waals surface area contributed by atoms with Gasteiger partial charge < -0.3 is 18.9 Å². The van der Waals surface area contributed by atoms with Crippen LogP contribution in [0.3, 0.4) is 0 Å². The van der Waals surface area contributed by atoms with Crippen LogP contribution in [0.5, 0.6) is 0 Å². The third kappa shape index (κ3) is 4.76. The molecule has 2 rings (SSSR count). The van der Waals surface area contributed by atoms with Gasteiger partial charge in [0.15, 0.2) is 18.4 Å². The smallest absolute Gasteiger partial charge is 0.328 e. The van der Waals surface area contributed by atoms with Gasteiger partial charge in [-0.2, -0.15) is 0 Å². The molecule has 0 aromatic carbocycles. The summed E-state index contributed by atoms with van der Waals surface area (Å²) >= 11 is 4.89. The van der Waals surface area contributed by atoms with Crippen LogP contribution in [0.4, 0.5) is 0 Å². The highest BCUT2D eigenvalue weighted by atomic mass is 32.1. The van der Waals surface area contributed by atoms with Gasteiger partial charge >= 0.3 is 23.6 Å². The van der Waals surface area contributed by atoms with E-state index in [4.69, 9.17) is 31.2 Å². The lowest BCUT2D eigenvalue weighted by atomic mass is 10.1. The number of hydrogen-bond acceptors (Lipinski definition) is 9. The molecule has 1 N–H and O–H groups in total. The summed E-state index contributed by atoms with van der Waals surface area (Å²) in [5, 5.41) is 0. The van der Waals surface area contributed by atoms with Crippen LogP contribution >= 0.6 is 12.2 Å². The summed E-state index contributed by atoms with van der Waals surface area (Å²) in [5.74, 6) is -1.88. The Morgan fingerprint density at radius 2 is 1.77 bits per heavy atom. The molecular formula is C15H18N2O8S. The monoisotopic (exact) mass is 386 g/mol. The number of nitrogens with one attached hydrogen (secondary N) is 1. The molecule has 0 radical (unpaired) electrons. The third-order valence-electron chi connectivity index (χ3n) is 3.47. The molecule has 1 aromatic rings. The summed E-state index contributed by atoms with van der Waals surface area (Å²) in [5.41, 5.74) is -0.602. The third-order valence-corrected chi connectivity index (χ3v) is 3.70. The van der Waals surface area contributed by atoms with Crippen molar-refractivity contribution in [2.75, 3.05) is 6.61 Å². The minimum absolute atomic E-state index is 0.210. The van der Waals surface area contributed by atoms with Crippen LogP contribution in [0.2, 0.25) is 0 Å². The maximum absolute atomic E-state index is 12.2. The Kier molecular flexibility index (Phi) is 6.27. The summed E-state index contributed by atoms with van der Waals surface area (Å²) in [6.07, 6.45) is -2.88. The lowest BCUT2D eigenvalue weighted by Crippen LogP contribution is -2.41. The minimum Gasteiger partial charge on any atom is -0.463 e. The van der Waals surface area contributed by atoms with Gasteiger partial charge in [-0.25, -0.2) is 4.79 Å². The molecule has 0 bridgehead atoms. The van der Waals surface area contributed by atoms with Crippen LogP contribution in [0, 0.1) is 4.64 Å². The summed E-state index contributed by atoms with van der Waals surface area (Å²) in [7, 11) is 0. The van der Waals surface area contributed by atoms with Crippen molar-refractivity contribution in [3.63, 3.8) is 0 Å².